The fourth-order valence-electron chi connectivity index (χ4n) is 5.71. The van der Waals surface area contributed by atoms with Crippen LogP contribution in [0, 0.1) is 24.0 Å². The first-order valence-corrected chi connectivity index (χ1v) is 13.5. The van der Waals surface area contributed by atoms with Crippen LogP contribution in [-0.4, -0.2) is 20.5 Å². The van der Waals surface area contributed by atoms with Crippen LogP contribution in [0.5, 0.6) is 5.75 Å². The van der Waals surface area contributed by atoms with Crippen molar-refractivity contribution in [2.24, 2.45) is 0 Å². The number of non-ortho nitro benzene ring substituents is 1. The number of hydrogen-bond acceptors (Lipinski definition) is 5. The molecule has 5 aromatic rings. The second-order valence-electron chi connectivity index (χ2n) is 10.1. The van der Waals surface area contributed by atoms with Crippen LogP contribution in [0.25, 0.3) is 27.9 Å². The number of halogens is 1. The Morgan fingerprint density at radius 1 is 0.833 bits per heavy atom. The number of carbonyl (C=O) groups excluding carboxylic acids is 1. The zero-order valence-corrected chi connectivity index (χ0v) is 23.4. The number of phenolic OH excluding ortho intramolecular Hbond substituents is 1. The van der Waals surface area contributed by atoms with Crippen molar-refractivity contribution in [1.29, 1.82) is 0 Å². The minimum Gasteiger partial charge on any atom is -0.507 e. The van der Waals surface area contributed by atoms with Gasteiger partial charge in [0, 0.05) is 39.5 Å². The van der Waals surface area contributed by atoms with Crippen molar-refractivity contribution < 1.29 is 14.8 Å². The third kappa shape index (κ3) is 4.33. The summed E-state index contributed by atoms with van der Waals surface area (Å²) in [7, 11) is 0. The van der Waals surface area contributed by atoms with E-state index in [9.17, 15) is 24.8 Å². The Kier molecular flexibility index (Phi) is 6.63. The van der Waals surface area contributed by atoms with Crippen LogP contribution >= 0.6 is 11.6 Å². The van der Waals surface area contributed by atoms with Crippen LogP contribution in [0.3, 0.4) is 0 Å². The summed E-state index contributed by atoms with van der Waals surface area (Å²) in [4.78, 5) is 41.5. The normalized spacial score (nSPS) is 12.5. The number of fused-ring (bicyclic) bond motifs is 1. The minimum atomic E-state index is -0.514. The van der Waals surface area contributed by atoms with Crippen molar-refractivity contribution >= 4 is 28.9 Å². The molecule has 0 bridgehead atoms. The molecule has 0 unspecified atom stereocenters. The smallest absolute Gasteiger partial charge is 0.276 e. The van der Waals surface area contributed by atoms with Crippen molar-refractivity contribution in [3.8, 4) is 33.7 Å². The number of aryl methyl sites for hydroxylation is 2. The van der Waals surface area contributed by atoms with Crippen molar-refractivity contribution in [1.82, 2.24) is 4.57 Å². The Morgan fingerprint density at radius 3 is 2.10 bits per heavy atom. The van der Waals surface area contributed by atoms with Crippen molar-refractivity contribution in [3.63, 3.8) is 0 Å². The largest absolute Gasteiger partial charge is 0.507 e. The summed E-state index contributed by atoms with van der Waals surface area (Å²) in [5, 5.41) is 22.9. The van der Waals surface area contributed by atoms with Gasteiger partial charge in [-0.3, -0.25) is 24.3 Å². The maximum atomic E-state index is 14.6. The number of pyridine rings is 1. The van der Waals surface area contributed by atoms with Gasteiger partial charge in [0.1, 0.15) is 11.4 Å². The van der Waals surface area contributed by atoms with E-state index in [0.29, 0.717) is 33.0 Å². The van der Waals surface area contributed by atoms with E-state index in [1.54, 1.807) is 47.4 Å². The maximum absolute atomic E-state index is 14.6. The molecule has 1 amide bonds. The van der Waals surface area contributed by atoms with E-state index in [4.69, 9.17) is 11.6 Å². The molecule has 6 rings (SSSR count). The molecule has 0 fully saturated rings. The van der Waals surface area contributed by atoms with Gasteiger partial charge in [-0.25, -0.2) is 0 Å². The van der Waals surface area contributed by atoms with Gasteiger partial charge in [-0.2, -0.15) is 0 Å². The molecule has 9 heteroatoms. The molecule has 1 aliphatic rings. The van der Waals surface area contributed by atoms with Crippen LogP contribution in [0.2, 0.25) is 5.02 Å². The molecule has 0 saturated carbocycles. The average molecular weight is 578 g/mol. The second-order valence-corrected chi connectivity index (χ2v) is 10.6. The number of amides is 1. The first-order valence-electron chi connectivity index (χ1n) is 13.2. The number of hydrogen-bond donors (Lipinski definition) is 1. The highest BCUT2D eigenvalue weighted by atomic mass is 35.5. The fourth-order valence-corrected chi connectivity index (χ4v) is 5.84. The first kappa shape index (κ1) is 27.0. The maximum Gasteiger partial charge on any atom is 0.276 e. The van der Waals surface area contributed by atoms with Gasteiger partial charge in [-0.05, 0) is 73.0 Å². The summed E-state index contributed by atoms with van der Waals surface area (Å²) in [6.07, 6.45) is 0. The number of anilines is 1. The Labute approximate surface area is 245 Å². The summed E-state index contributed by atoms with van der Waals surface area (Å²) in [6, 6.07) is 24.7. The Hall–Kier alpha value is -5.21. The van der Waals surface area contributed by atoms with E-state index in [-0.39, 0.29) is 35.1 Å². The summed E-state index contributed by atoms with van der Waals surface area (Å²) in [6.45, 7) is 3.99. The number of carbonyl (C=O) groups is 1. The molecule has 4 aromatic carbocycles. The number of rotatable bonds is 5. The Balaban J connectivity index is 1.75. The number of para-hydroxylation sites is 2. The highest BCUT2D eigenvalue weighted by Gasteiger charge is 2.38. The van der Waals surface area contributed by atoms with Crippen molar-refractivity contribution in [2.45, 2.75) is 20.4 Å². The second kappa shape index (κ2) is 10.3. The molecule has 0 aliphatic carbocycles. The molecule has 1 aromatic heterocycles. The molecular weight excluding hydrogens is 554 g/mol. The van der Waals surface area contributed by atoms with Gasteiger partial charge in [0.2, 0.25) is 0 Å². The number of aromatic hydroxyl groups is 1. The molecule has 0 radical (unpaired) electrons. The van der Waals surface area contributed by atoms with Gasteiger partial charge >= 0.3 is 0 Å². The highest BCUT2D eigenvalue weighted by molar-refractivity contribution is 6.30. The molecule has 8 nitrogen and oxygen atoms in total. The molecule has 0 atom stereocenters. The molecular formula is C33H24ClN3O5. The van der Waals surface area contributed by atoms with E-state index in [0.717, 1.165) is 16.8 Å². The summed E-state index contributed by atoms with van der Waals surface area (Å²) in [5.74, 6) is -0.425. The summed E-state index contributed by atoms with van der Waals surface area (Å²) in [5.41, 5.74) is 4.45. The van der Waals surface area contributed by atoms with Crippen LogP contribution in [0.1, 0.15) is 27.2 Å². The van der Waals surface area contributed by atoms with Crippen molar-refractivity contribution in [3.05, 3.63) is 139 Å². The average Bonchev–Trinajstić information content (AvgIpc) is 3.29. The summed E-state index contributed by atoms with van der Waals surface area (Å²) >= 11 is 6.17. The molecule has 0 spiro atoms. The standard InChI is InChI=1S/C33H24ClN3O5/c1-19-6-5-7-20(2)30(19)35-18-26-29(25-8-3-4-9-27(25)38)28(21-10-14-24(15-11-21)37(41)42)32(39)36(31(26)33(35)40)23-16-12-22(34)13-17-23/h3-17,38H,18H2,1-2H3. The fraction of sp³-hybridized carbons (Fsp3) is 0.0909. The predicted molar refractivity (Wildman–Crippen MR) is 163 cm³/mol. The lowest BCUT2D eigenvalue weighted by atomic mass is 9.90. The zero-order chi connectivity index (χ0) is 29.7. The van der Waals surface area contributed by atoms with Gasteiger partial charge in [0.05, 0.1) is 22.7 Å². The zero-order valence-electron chi connectivity index (χ0n) is 22.7. The molecule has 1 N–H and O–H groups in total. The Morgan fingerprint density at radius 2 is 1.48 bits per heavy atom. The number of nitro groups is 1. The molecule has 2 heterocycles. The number of nitro benzene ring substituents is 1. The number of phenols is 1. The lowest BCUT2D eigenvalue weighted by Gasteiger charge is -2.21. The van der Waals surface area contributed by atoms with Gasteiger partial charge < -0.3 is 10.0 Å². The van der Waals surface area contributed by atoms with Gasteiger partial charge in [-0.15, -0.1) is 0 Å². The summed E-state index contributed by atoms with van der Waals surface area (Å²) < 4.78 is 1.38. The van der Waals surface area contributed by atoms with Crippen LogP contribution in [0.4, 0.5) is 11.4 Å². The number of nitrogens with zero attached hydrogens (tertiary/aromatic N) is 3. The lowest BCUT2D eigenvalue weighted by Crippen LogP contribution is -2.30. The van der Waals surface area contributed by atoms with E-state index in [2.05, 4.69) is 0 Å². The van der Waals surface area contributed by atoms with Crippen LogP contribution in [0.15, 0.2) is 95.8 Å². The van der Waals surface area contributed by atoms with Crippen LogP contribution in [-0.2, 0) is 6.54 Å². The highest BCUT2D eigenvalue weighted by Crippen LogP contribution is 2.44. The Bertz CT molecular complexity index is 1940. The first-order chi connectivity index (χ1) is 20.2. The molecule has 42 heavy (non-hydrogen) atoms. The molecule has 1 aliphatic heterocycles. The predicted octanol–water partition coefficient (Wildman–Crippen LogP) is 7.22. The van der Waals surface area contributed by atoms with E-state index in [1.165, 1.54) is 34.9 Å². The third-order valence-corrected chi connectivity index (χ3v) is 7.83. The van der Waals surface area contributed by atoms with Gasteiger partial charge in [-0.1, -0.05) is 48.0 Å². The topological polar surface area (TPSA) is 106 Å². The van der Waals surface area contributed by atoms with E-state index in [1.807, 2.05) is 32.0 Å². The molecule has 208 valence electrons. The van der Waals surface area contributed by atoms with E-state index < -0.39 is 10.5 Å². The van der Waals surface area contributed by atoms with Crippen LogP contribution < -0.4 is 10.5 Å². The number of aromatic nitrogens is 1. The quantitative estimate of drug-likeness (QED) is 0.175. The third-order valence-electron chi connectivity index (χ3n) is 7.58. The van der Waals surface area contributed by atoms with Gasteiger partial charge in [0.25, 0.3) is 17.2 Å². The van der Waals surface area contributed by atoms with E-state index >= 15 is 0 Å². The lowest BCUT2D eigenvalue weighted by molar-refractivity contribution is -0.384. The minimum absolute atomic E-state index is 0.0653. The monoisotopic (exact) mass is 577 g/mol. The SMILES string of the molecule is Cc1cccc(C)c1N1Cc2c(-c3ccccc3O)c(-c3ccc([N+](=O)[O-])cc3)c(=O)n(-c3ccc(Cl)cc3)c2C1=O. The van der Waals surface area contributed by atoms with Gasteiger partial charge in [0.15, 0.2) is 0 Å². The molecule has 0 saturated heterocycles. The number of benzene rings is 4. The van der Waals surface area contributed by atoms with Crippen molar-refractivity contribution in [2.75, 3.05) is 4.90 Å².